The largest absolute Gasteiger partial charge is 1.00 e. The first-order valence-electron chi connectivity index (χ1n) is 7.32. The van der Waals surface area contributed by atoms with Gasteiger partial charge in [0, 0.05) is 18.2 Å². The van der Waals surface area contributed by atoms with E-state index in [4.69, 9.17) is 4.74 Å². The Morgan fingerprint density at radius 2 is 1.46 bits per heavy atom. The minimum absolute atomic E-state index is 0. The lowest BCUT2D eigenvalue weighted by Gasteiger charge is -2.04. The third-order valence-electron chi connectivity index (χ3n) is 3.28. The predicted octanol–water partition coefficient (Wildman–Crippen LogP) is 0.825. The number of benzene rings is 2. The van der Waals surface area contributed by atoms with Gasteiger partial charge in [-0.15, -0.1) is 0 Å². The molecule has 0 atom stereocenters. The molecule has 0 bridgehead atoms. The van der Waals surface area contributed by atoms with Crippen molar-refractivity contribution in [1.29, 1.82) is 0 Å². The van der Waals surface area contributed by atoms with Gasteiger partial charge in [-0.25, -0.2) is 4.79 Å². The summed E-state index contributed by atoms with van der Waals surface area (Å²) in [6, 6.07) is 22.3. The molecule has 0 N–H and O–H groups in total. The number of halogens is 1. The fourth-order valence-electron chi connectivity index (χ4n) is 2.07. The number of pyridine rings is 1. The molecule has 0 saturated heterocycles. The second-order valence-electron chi connectivity index (χ2n) is 4.96. The highest BCUT2D eigenvalue weighted by Crippen LogP contribution is 2.15. The number of aromatic nitrogens is 1. The second-order valence-corrected chi connectivity index (χ2v) is 4.96. The number of carbonyl (C=O) groups excluding carboxylic acids is 1. The third kappa shape index (κ3) is 4.89. The summed E-state index contributed by atoms with van der Waals surface area (Å²) in [7, 11) is 0. The summed E-state index contributed by atoms with van der Waals surface area (Å²) in [6.45, 7) is 0. The molecule has 0 aliphatic rings. The van der Waals surface area contributed by atoms with Gasteiger partial charge in [-0.2, -0.15) is 4.57 Å². The van der Waals surface area contributed by atoms with Crippen molar-refractivity contribution >= 4 is 18.2 Å². The maximum Gasteiger partial charge on any atom is 0.343 e. The van der Waals surface area contributed by atoms with Gasteiger partial charge >= 0.3 is 5.97 Å². The van der Waals surface area contributed by atoms with Gasteiger partial charge in [0.1, 0.15) is 5.75 Å². The van der Waals surface area contributed by atoms with Crippen molar-refractivity contribution in [3.63, 3.8) is 0 Å². The van der Waals surface area contributed by atoms with E-state index in [2.05, 4.69) is 0 Å². The minimum Gasteiger partial charge on any atom is -1.00 e. The number of esters is 1. The maximum atomic E-state index is 12.0. The van der Waals surface area contributed by atoms with Crippen LogP contribution in [-0.4, -0.2) is 5.97 Å². The van der Waals surface area contributed by atoms with Crippen molar-refractivity contribution in [2.24, 2.45) is 0 Å². The fraction of sp³-hybridized carbons (Fsp3) is 0. The molecule has 3 rings (SSSR count). The summed E-state index contributed by atoms with van der Waals surface area (Å²) in [6.07, 6.45) is 7.88. The highest BCUT2D eigenvalue weighted by Gasteiger charge is 2.07. The van der Waals surface area contributed by atoms with Gasteiger partial charge in [-0.3, -0.25) is 0 Å². The van der Waals surface area contributed by atoms with Crippen LogP contribution < -0.4 is 26.3 Å². The predicted molar refractivity (Wildman–Crippen MR) is 89.7 cm³/mol. The van der Waals surface area contributed by atoms with Crippen LogP contribution in [0.1, 0.15) is 15.9 Å². The van der Waals surface area contributed by atoms with Gasteiger partial charge in [0.05, 0.1) is 5.56 Å². The first-order chi connectivity index (χ1) is 11.3. The van der Waals surface area contributed by atoms with Gasteiger partial charge in [-0.1, -0.05) is 36.4 Å². The van der Waals surface area contributed by atoms with Gasteiger partial charge < -0.3 is 21.7 Å². The van der Waals surface area contributed by atoms with Crippen LogP contribution in [-0.2, 0) is 0 Å². The quantitative estimate of drug-likeness (QED) is 0.380. The molecule has 0 spiro atoms. The Morgan fingerprint density at radius 3 is 2.12 bits per heavy atom. The van der Waals surface area contributed by atoms with Crippen LogP contribution in [0.25, 0.3) is 12.3 Å². The zero-order valence-electron chi connectivity index (χ0n) is 12.9. The van der Waals surface area contributed by atoms with Crippen LogP contribution in [0.4, 0.5) is 0 Å². The van der Waals surface area contributed by atoms with Crippen molar-refractivity contribution in [2.45, 2.75) is 0 Å². The van der Waals surface area contributed by atoms with Gasteiger partial charge in [0.25, 0.3) is 0 Å². The summed E-state index contributed by atoms with van der Waals surface area (Å²) in [5, 5.41) is 0. The van der Waals surface area contributed by atoms with Crippen molar-refractivity contribution < 1.29 is 31.1 Å². The van der Waals surface area contributed by atoms with Crippen LogP contribution in [0.3, 0.4) is 0 Å². The second kappa shape index (κ2) is 8.79. The van der Waals surface area contributed by atoms with E-state index in [-0.39, 0.29) is 23.0 Å². The number of ether oxygens (including phenoxy) is 1. The topological polar surface area (TPSA) is 30.2 Å². The SMILES string of the molecule is O=C(Oc1ccc(/C=C/[n+]2ccccc2)cc1)c1ccccc1.[Br-]. The van der Waals surface area contributed by atoms with E-state index < -0.39 is 0 Å². The number of hydrogen-bond donors (Lipinski definition) is 0. The molecule has 3 nitrogen and oxygen atoms in total. The number of nitrogens with zero attached hydrogens (tertiary/aromatic N) is 1. The molecule has 0 unspecified atom stereocenters. The Kier molecular flexibility index (Phi) is 6.46. The fourth-order valence-corrected chi connectivity index (χ4v) is 2.07. The summed E-state index contributed by atoms with van der Waals surface area (Å²) in [5.74, 6) is 0.178. The number of carbonyl (C=O) groups is 1. The van der Waals surface area contributed by atoms with Crippen LogP contribution in [0.5, 0.6) is 5.75 Å². The lowest BCUT2D eigenvalue weighted by molar-refractivity contribution is -0.567. The highest BCUT2D eigenvalue weighted by atomic mass is 79.9. The third-order valence-corrected chi connectivity index (χ3v) is 3.28. The monoisotopic (exact) mass is 381 g/mol. The molecule has 0 saturated carbocycles. The Hall–Kier alpha value is -2.72. The lowest BCUT2D eigenvalue weighted by Crippen LogP contribution is -3.00. The van der Waals surface area contributed by atoms with E-state index in [0.717, 1.165) is 5.56 Å². The molecular formula is C20H16BrNO2. The normalized spacial score (nSPS) is 10.2. The Labute approximate surface area is 151 Å². The maximum absolute atomic E-state index is 12.0. The number of hydrogen-bond acceptors (Lipinski definition) is 2. The van der Waals surface area contributed by atoms with Gasteiger partial charge in [0.2, 0.25) is 0 Å². The molecule has 0 amide bonds. The molecule has 1 heterocycles. The molecule has 24 heavy (non-hydrogen) atoms. The first-order valence-corrected chi connectivity index (χ1v) is 7.32. The van der Waals surface area contributed by atoms with E-state index in [1.807, 2.05) is 77.8 Å². The van der Waals surface area contributed by atoms with Crippen LogP contribution in [0, 0.1) is 0 Å². The van der Waals surface area contributed by atoms with Crippen molar-refractivity contribution in [1.82, 2.24) is 0 Å². The van der Waals surface area contributed by atoms with E-state index in [1.54, 1.807) is 24.3 Å². The van der Waals surface area contributed by atoms with E-state index >= 15 is 0 Å². The smallest absolute Gasteiger partial charge is 0.343 e. The van der Waals surface area contributed by atoms with E-state index in [9.17, 15) is 4.79 Å². The molecule has 4 heteroatoms. The molecule has 0 fully saturated rings. The van der Waals surface area contributed by atoms with E-state index in [1.165, 1.54) is 0 Å². The average Bonchev–Trinajstić information content (AvgIpc) is 2.63. The summed E-state index contributed by atoms with van der Waals surface area (Å²) in [4.78, 5) is 12.0. The highest BCUT2D eigenvalue weighted by molar-refractivity contribution is 5.90. The van der Waals surface area contributed by atoms with Gasteiger partial charge in [-0.05, 0) is 29.8 Å². The molecule has 0 radical (unpaired) electrons. The summed E-state index contributed by atoms with van der Waals surface area (Å²) in [5.41, 5.74) is 1.57. The Morgan fingerprint density at radius 1 is 0.833 bits per heavy atom. The van der Waals surface area contributed by atoms with E-state index in [0.29, 0.717) is 11.3 Å². The van der Waals surface area contributed by atoms with Crippen LogP contribution in [0.2, 0.25) is 0 Å². The Balaban J connectivity index is 0.00000208. The van der Waals surface area contributed by atoms with Crippen LogP contribution >= 0.6 is 0 Å². The molecule has 3 aromatic rings. The molecule has 120 valence electrons. The summed E-state index contributed by atoms with van der Waals surface area (Å²) >= 11 is 0. The lowest BCUT2D eigenvalue weighted by atomic mass is 10.2. The molecule has 1 aromatic heterocycles. The molecule has 0 aliphatic heterocycles. The minimum atomic E-state index is -0.353. The average molecular weight is 382 g/mol. The Bertz CT molecular complexity index is 800. The molecule has 0 aliphatic carbocycles. The van der Waals surface area contributed by atoms with Crippen molar-refractivity contribution in [3.8, 4) is 5.75 Å². The van der Waals surface area contributed by atoms with Crippen LogP contribution in [0.15, 0.2) is 85.2 Å². The molecular weight excluding hydrogens is 366 g/mol. The zero-order chi connectivity index (χ0) is 15.9. The molecule has 2 aromatic carbocycles. The zero-order valence-corrected chi connectivity index (χ0v) is 14.5. The standard InChI is InChI=1S/C20H16NO2.BrH/c22-20(18-7-3-1-4-8-18)23-19-11-9-17(10-12-19)13-16-21-14-5-2-6-15-21;/h1-16H;1H/q+1;/p-1/b16-13+;. The first kappa shape index (κ1) is 17.6. The summed E-state index contributed by atoms with van der Waals surface area (Å²) < 4.78 is 7.31. The van der Waals surface area contributed by atoms with Gasteiger partial charge in [0.15, 0.2) is 18.6 Å². The van der Waals surface area contributed by atoms with Crippen molar-refractivity contribution in [2.75, 3.05) is 0 Å². The number of rotatable bonds is 4. The van der Waals surface area contributed by atoms with Crippen molar-refractivity contribution in [3.05, 3.63) is 96.3 Å².